The third kappa shape index (κ3) is 5.75. The quantitative estimate of drug-likeness (QED) is 0.357. The molecule has 1 unspecified atom stereocenters. The Morgan fingerprint density at radius 2 is 2.21 bits per heavy atom. The number of rotatable bonds is 7. The van der Waals surface area contributed by atoms with Gasteiger partial charge in [-0.3, -0.25) is 4.79 Å². The van der Waals surface area contributed by atoms with Crippen molar-refractivity contribution in [1.29, 1.82) is 0 Å². The van der Waals surface area contributed by atoms with Crippen molar-refractivity contribution in [2.24, 2.45) is 0 Å². The first kappa shape index (κ1) is 11.2. The summed E-state index contributed by atoms with van der Waals surface area (Å²) >= 11 is 0. The smallest absolute Gasteiger partial charge is 0.306 e. The van der Waals surface area contributed by atoms with Crippen molar-refractivity contribution < 1.29 is 14.3 Å². The first-order valence-corrected chi connectivity index (χ1v) is 5.25. The van der Waals surface area contributed by atoms with Gasteiger partial charge in [0.05, 0.1) is 6.61 Å². The number of hydrogen-bond acceptors (Lipinski definition) is 3. The summed E-state index contributed by atoms with van der Waals surface area (Å²) in [5.74, 6) is -0.123. The second kappa shape index (κ2) is 6.60. The Bertz CT molecular complexity index is 195. The summed E-state index contributed by atoms with van der Waals surface area (Å²) in [4.78, 5) is 11.1. The van der Waals surface area contributed by atoms with E-state index in [0.29, 0.717) is 13.0 Å². The van der Waals surface area contributed by atoms with Gasteiger partial charge >= 0.3 is 5.97 Å². The molecule has 14 heavy (non-hydrogen) atoms. The fourth-order valence-corrected chi connectivity index (χ4v) is 1.03. The lowest BCUT2D eigenvalue weighted by atomic mass is 10.2. The molecule has 0 aromatic carbocycles. The molecule has 0 bridgehead atoms. The number of allylic oxidation sites excluding steroid dienone is 2. The molecule has 1 aliphatic heterocycles. The molecule has 1 atom stereocenters. The topological polar surface area (TPSA) is 38.8 Å². The molecule has 0 N–H and O–H groups in total. The Morgan fingerprint density at radius 3 is 2.86 bits per heavy atom. The molecule has 0 aliphatic carbocycles. The molecular formula is C11H18O3. The van der Waals surface area contributed by atoms with Crippen LogP contribution in [0.5, 0.6) is 0 Å². The molecule has 3 heteroatoms. The molecule has 0 saturated carbocycles. The molecule has 0 radical (unpaired) electrons. The second-order valence-electron chi connectivity index (χ2n) is 3.44. The highest BCUT2D eigenvalue weighted by Gasteiger charge is 2.23. The van der Waals surface area contributed by atoms with Crippen LogP contribution in [-0.4, -0.2) is 25.3 Å². The molecule has 1 saturated heterocycles. The largest absolute Gasteiger partial charge is 0.463 e. The van der Waals surface area contributed by atoms with Crippen LogP contribution in [0.3, 0.4) is 0 Å². The SMILES string of the molecule is CCC/C=C/CCC(=O)OCC1CO1. The average molecular weight is 198 g/mol. The minimum atomic E-state index is -0.123. The van der Waals surface area contributed by atoms with Crippen molar-refractivity contribution in [3.05, 3.63) is 12.2 Å². The Kier molecular flexibility index (Phi) is 5.30. The summed E-state index contributed by atoms with van der Waals surface area (Å²) in [7, 11) is 0. The van der Waals surface area contributed by atoms with Crippen LogP contribution in [0, 0.1) is 0 Å². The van der Waals surface area contributed by atoms with Gasteiger partial charge in [-0.1, -0.05) is 25.5 Å². The third-order valence-corrected chi connectivity index (χ3v) is 1.97. The zero-order valence-electron chi connectivity index (χ0n) is 8.70. The van der Waals surface area contributed by atoms with E-state index in [4.69, 9.17) is 9.47 Å². The van der Waals surface area contributed by atoms with Gasteiger partial charge in [0.15, 0.2) is 0 Å². The van der Waals surface area contributed by atoms with Crippen molar-refractivity contribution >= 4 is 5.97 Å². The molecule has 0 aromatic heterocycles. The van der Waals surface area contributed by atoms with E-state index in [-0.39, 0.29) is 12.1 Å². The molecule has 1 fully saturated rings. The van der Waals surface area contributed by atoms with Crippen LogP contribution < -0.4 is 0 Å². The lowest BCUT2D eigenvalue weighted by molar-refractivity contribution is -0.144. The van der Waals surface area contributed by atoms with E-state index in [1.807, 2.05) is 6.08 Å². The molecule has 0 aromatic rings. The maximum Gasteiger partial charge on any atom is 0.306 e. The Hall–Kier alpha value is -0.830. The summed E-state index contributed by atoms with van der Waals surface area (Å²) < 4.78 is 9.90. The second-order valence-corrected chi connectivity index (χ2v) is 3.44. The van der Waals surface area contributed by atoms with Crippen LogP contribution in [0.4, 0.5) is 0 Å². The number of carbonyl (C=O) groups is 1. The number of carbonyl (C=O) groups excluding carboxylic acids is 1. The molecule has 0 spiro atoms. The number of unbranched alkanes of at least 4 members (excludes halogenated alkanes) is 1. The van der Waals surface area contributed by atoms with Gasteiger partial charge in [0.2, 0.25) is 0 Å². The highest BCUT2D eigenvalue weighted by Crippen LogP contribution is 2.09. The summed E-state index contributed by atoms with van der Waals surface area (Å²) in [5, 5.41) is 0. The van der Waals surface area contributed by atoms with Gasteiger partial charge in [0.1, 0.15) is 12.7 Å². The molecule has 1 rings (SSSR count). The molecular weight excluding hydrogens is 180 g/mol. The predicted octanol–water partition coefficient (Wildman–Crippen LogP) is 2.06. The van der Waals surface area contributed by atoms with Crippen LogP contribution in [0.2, 0.25) is 0 Å². The first-order valence-electron chi connectivity index (χ1n) is 5.25. The van der Waals surface area contributed by atoms with E-state index in [9.17, 15) is 4.79 Å². The van der Waals surface area contributed by atoms with Crippen molar-refractivity contribution in [2.75, 3.05) is 13.2 Å². The molecule has 80 valence electrons. The predicted molar refractivity (Wildman–Crippen MR) is 54.0 cm³/mol. The number of epoxide rings is 1. The van der Waals surface area contributed by atoms with Crippen molar-refractivity contribution in [2.45, 2.75) is 38.7 Å². The Balaban J connectivity index is 1.91. The normalized spacial score (nSPS) is 19.9. The maximum atomic E-state index is 11.1. The van der Waals surface area contributed by atoms with E-state index in [1.54, 1.807) is 0 Å². The number of esters is 1. The average Bonchev–Trinajstić information content (AvgIpc) is 2.98. The zero-order chi connectivity index (χ0) is 10.2. The zero-order valence-corrected chi connectivity index (χ0v) is 8.70. The summed E-state index contributed by atoms with van der Waals surface area (Å²) in [6, 6.07) is 0. The molecule has 3 nitrogen and oxygen atoms in total. The van der Waals surface area contributed by atoms with E-state index in [1.165, 1.54) is 0 Å². The van der Waals surface area contributed by atoms with Gasteiger partial charge in [-0.25, -0.2) is 0 Å². The fourth-order valence-electron chi connectivity index (χ4n) is 1.03. The number of ether oxygens (including phenoxy) is 2. The molecule has 1 heterocycles. The fraction of sp³-hybridized carbons (Fsp3) is 0.727. The van der Waals surface area contributed by atoms with Crippen LogP contribution in [0.15, 0.2) is 12.2 Å². The van der Waals surface area contributed by atoms with Crippen LogP contribution in [-0.2, 0) is 14.3 Å². The lowest BCUT2D eigenvalue weighted by Crippen LogP contribution is -2.08. The van der Waals surface area contributed by atoms with Crippen molar-refractivity contribution in [1.82, 2.24) is 0 Å². The van der Waals surface area contributed by atoms with E-state index in [0.717, 1.165) is 25.9 Å². The van der Waals surface area contributed by atoms with Crippen molar-refractivity contribution in [3.63, 3.8) is 0 Å². The molecule has 0 amide bonds. The van der Waals surface area contributed by atoms with Gasteiger partial charge in [-0.05, 0) is 12.8 Å². The van der Waals surface area contributed by atoms with Gasteiger partial charge in [-0.15, -0.1) is 0 Å². The lowest BCUT2D eigenvalue weighted by Gasteiger charge is -1.99. The van der Waals surface area contributed by atoms with Crippen LogP contribution in [0.25, 0.3) is 0 Å². The monoisotopic (exact) mass is 198 g/mol. The highest BCUT2D eigenvalue weighted by atomic mass is 16.6. The van der Waals surface area contributed by atoms with Gasteiger partial charge in [0.25, 0.3) is 0 Å². The standard InChI is InChI=1S/C11H18O3/c1-2-3-4-5-6-7-11(12)14-9-10-8-13-10/h4-5,10H,2-3,6-9H2,1H3/b5-4+. The van der Waals surface area contributed by atoms with Crippen LogP contribution in [0.1, 0.15) is 32.6 Å². The Morgan fingerprint density at radius 1 is 1.50 bits per heavy atom. The Labute approximate surface area is 85.1 Å². The summed E-state index contributed by atoms with van der Waals surface area (Å²) in [5.41, 5.74) is 0. The van der Waals surface area contributed by atoms with Crippen molar-refractivity contribution in [3.8, 4) is 0 Å². The number of hydrogen-bond donors (Lipinski definition) is 0. The van der Waals surface area contributed by atoms with E-state index >= 15 is 0 Å². The summed E-state index contributed by atoms with van der Waals surface area (Å²) in [6.07, 6.45) is 7.83. The van der Waals surface area contributed by atoms with Gasteiger partial charge in [0, 0.05) is 6.42 Å². The van der Waals surface area contributed by atoms with E-state index < -0.39 is 0 Å². The van der Waals surface area contributed by atoms with E-state index in [2.05, 4.69) is 13.0 Å². The highest BCUT2D eigenvalue weighted by molar-refractivity contribution is 5.69. The minimum absolute atomic E-state index is 0.123. The maximum absolute atomic E-state index is 11.1. The third-order valence-electron chi connectivity index (χ3n) is 1.97. The van der Waals surface area contributed by atoms with Gasteiger partial charge < -0.3 is 9.47 Å². The van der Waals surface area contributed by atoms with Gasteiger partial charge in [-0.2, -0.15) is 0 Å². The minimum Gasteiger partial charge on any atom is -0.463 e. The first-order chi connectivity index (χ1) is 6.83. The molecule has 1 aliphatic rings. The summed E-state index contributed by atoms with van der Waals surface area (Å²) in [6.45, 7) is 3.30. The van der Waals surface area contributed by atoms with Crippen LogP contribution >= 0.6 is 0 Å².